The van der Waals surface area contributed by atoms with Crippen LogP contribution in [0.2, 0.25) is 0 Å². The van der Waals surface area contributed by atoms with Crippen LogP contribution >= 0.6 is 0 Å². The minimum absolute atomic E-state index is 0.223. The number of carbonyl (C=O) groups is 2. The fourth-order valence-electron chi connectivity index (χ4n) is 3.07. The molecule has 0 fully saturated rings. The normalized spacial score (nSPS) is 10.6. The molecule has 0 saturated carbocycles. The van der Waals surface area contributed by atoms with E-state index in [4.69, 9.17) is 9.47 Å². The molecule has 1 rings (SSSR count). The van der Waals surface area contributed by atoms with Crippen molar-refractivity contribution in [1.82, 2.24) is 0 Å². The standard InChI is InChI=1S/C24H38O4/c1-3-4-5-6-7-8-9-10-11-14-20-27-23(25)18-15-19-24(26)28-22-17-13-12-16-21(22)2/h12-13,16-17H,3-11,14-15,18-20H2,1-2H3. The molecule has 0 bridgehead atoms. The average Bonchev–Trinajstić information content (AvgIpc) is 2.68. The Kier molecular flexibility index (Phi) is 14.0. The van der Waals surface area contributed by atoms with E-state index in [1.165, 1.54) is 51.4 Å². The van der Waals surface area contributed by atoms with Gasteiger partial charge in [-0.2, -0.15) is 0 Å². The number of para-hydroxylation sites is 1. The van der Waals surface area contributed by atoms with Gasteiger partial charge in [-0.05, 0) is 31.4 Å². The molecule has 0 N–H and O–H groups in total. The first-order valence-corrected chi connectivity index (χ1v) is 11.1. The van der Waals surface area contributed by atoms with Crippen LogP contribution in [0.1, 0.15) is 96.0 Å². The van der Waals surface area contributed by atoms with Crippen LogP contribution in [0.4, 0.5) is 0 Å². The lowest BCUT2D eigenvalue weighted by Gasteiger charge is -2.07. The average molecular weight is 391 g/mol. The van der Waals surface area contributed by atoms with Gasteiger partial charge in [0, 0.05) is 12.8 Å². The van der Waals surface area contributed by atoms with Crippen LogP contribution < -0.4 is 4.74 Å². The van der Waals surface area contributed by atoms with Gasteiger partial charge in [-0.1, -0.05) is 82.9 Å². The molecular weight excluding hydrogens is 352 g/mol. The zero-order valence-corrected chi connectivity index (χ0v) is 17.8. The van der Waals surface area contributed by atoms with E-state index in [1.807, 2.05) is 25.1 Å². The molecule has 0 saturated heterocycles. The molecule has 0 amide bonds. The van der Waals surface area contributed by atoms with Crippen molar-refractivity contribution < 1.29 is 19.1 Å². The number of carbonyl (C=O) groups excluding carboxylic acids is 2. The zero-order chi connectivity index (χ0) is 20.5. The van der Waals surface area contributed by atoms with Crippen molar-refractivity contribution in [1.29, 1.82) is 0 Å². The minimum Gasteiger partial charge on any atom is -0.466 e. The maximum Gasteiger partial charge on any atom is 0.311 e. The molecule has 0 aliphatic heterocycles. The molecule has 0 aliphatic rings. The largest absolute Gasteiger partial charge is 0.466 e. The van der Waals surface area contributed by atoms with Crippen LogP contribution in [0.5, 0.6) is 5.75 Å². The summed E-state index contributed by atoms with van der Waals surface area (Å²) in [5, 5.41) is 0. The van der Waals surface area contributed by atoms with Gasteiger partial charge >= 0.3 is 11.9 Å². The molecule has 1 aromatic carbocycles. The van der Waals surface area contributed by atoms with Crippen molar-refractivity contribution in [3.63, 3.8) is 0 Å². The maximum absolute atomic E-state index is 11.8. The number of benzene rings is 1. The molecule has 0 spiro atoms. The second-order valence-electron chi connectivity index (χ2n) is 7.50. The summed E-state index contributed by atoms with van der Waals surface area (Å²) < 4.78 is 10.6. The summed E-state index contributed by atoms with van der Waals surface area (Å²) in [6, 6.07) is 7.40. The first-order valence-electron chi connectivity index (χ1n) is 11.1. The summed E-state index contributed by atoms with van der Waals surface area (Å²) in [7, 11) is 0. The molecule has 0 aromatic heterocycles. The van der Waals surface area contributed by atoms with Crippen LogP contribution in [0.15, 0.2) is 24.3 Å². The summed E-state index contributed by atoms with van der Waals surface area (Å²) in [6.45, 7) is 4.63. The Balaban J connectivity index is 1.93. The summed E-state index contributed by atoms with van der Waals surface area (Å²) in [5.41, 5.74) is 0.923. The lowest BCUT2D eigenvalue weighted by molar-refractivity contribution is -0.144. The Bertz CT molecular complexity index is 553. The number of aryl methyl sites for hydroxylation is 1. The number of hydrogen-bond acceptors (Lipinski definition) is 4. The third kappa shape index (κ3) is 12.5. The van der Waals surface area contributed by atoms with Gasteiger partial charge in [-0.25, -0.2) is 0 Å². The molecule has 0 heterocycles. The monoisotopic (exact) mass is 390 g/mol. The molecule has 0 atom stereocenters. The molecular formula is C24H38O4. The van der Waals surface area contributed by atoms with E-state index in [0.717, 1.165) is 18.4 Å². The van der Waals surface area contributed by atoms with Gasteiger partial charge in [0.25, 0.3) is 0 Å². The molecule has 4 nitrogen and oxygen atoms in total. The predicted octanol–water partition coefficient (Wildman–Crippen LogP) is 6.53. The summed E-state index contributed by atoms with van der Waals surface area (Å²) in [4.78, 5) is 23.6. The van der Waals surface area contributed by atoms with Gasteiger partial charge in [-0.3, -0.25) is 9.59 Å². The Morgan fingerprint density at radius 2 is 1.32 bits per heavy atom. The third-order valence-corrected chi connectivity index (χ3v) is 4.84. The number of rotatable bonds is 16. The number of ether oxygens (including phenoxy) is 2. The van der Waals surface area contributed by atoms with E-state index >= 15 is 0 Å². The van der Waals surface area contributed by atoms with Crippen LogP contribution in [-0.2, 0) is 14.3 Å². The van der Waals surface area contributed by atoms with Gasteiger partial charge in [-0.15, -0.1) is 0 Å². The highest BCUT2D eigenvalue weighted by Crippen LogP contribution is 2.17. The van der Waals surface area contributed by atoms with Gasteiger partial charge in [0.15, 0.2) is 0 Å². The van der Waals surface area contributed by atoms with Crippen molar-refractivity contribution in [2.24, 2.45) is 0 Å². The molecule has 4 heteroatoms. The van der Waals surface area contributed by atoms with E-state index in [9.17, 15) is 9.59 Å². The fourth-order valence-corrected chi connectivity index (χ4v) is 3.07. The Hall–Kier alpha value is -1.84. The Morgan fingerprint density at radius 3 is 1.96 bits per heavy atom. The molecule has 28 heavy (non-hydrogen) atoms. The van der Waals surface area contributed by atoms with E-state index in [1.54, 1.807) is 6.07 Å². The molecule has 0 aliphatic carbocycles. The first kappa shape index (κ1) is 24.2. The van der Waals surface area contributed by atoms with Crippen LogP contribution in [-0.4, -0.2) is 18.5 Å². The van der Waals surface area contributed by atoms with Gasteiger partial charge in [0.05, 0.1) is 6.61 Å². The second kappa shape index (κ2) is 16.1. The van der Waals surface area contributed by atoms with Crippen LogP contribution in [0, 0.1) is 6.92 Å². The van der Waals surface area contributed by atoms with Gasteiger partial charge in [0.1, 0.15) is 5.75 Å². The maximum atomic E-state index is 11.8. The van der Waals surface area contributed by atoms with Crippen molar-refractivity contribution in [3.05, 3.63) is 29.8 Å². The van der Waals surface area contributed by atoms with E-state index < -0.39 is 0 Å². The number of esters is 2. The second-order valence-corrected chi connectivity index (χ2v) is 7.50. The molecule has 1 aromatic rings. The van der Waals surface area contributed by atoms with Crippen molar-refractivity contribution in [2.45, 2.75) is 97.3 Å². The van der Waals surface area contributed by atoms with E-state index in [-0.39, 0.29) is 24.8 Å². The highest BCUT2D eigenvalue weighted by atomic mass is 16.5. The molecule has 0 unspecified atom stereocenters. The highest BCUT2D eigenvalue weighted by molar-refractivity contribution is 5.74. The van der Waals surface area contributed by atoms with Crippen molar-refractivity contribution in [3.8, 4) is 5.75 Å². The van der Waals surface area contributed by atoms with Crippen LogP contribution in [0.3, 0.4) is 0 Å². The van der Waals surface area contributed by atoms with Gasteiger partial charge in [0.2, 0.25) is 0 Å². The minimum atomic E-state index is -0.309. The summed E-state index contributed by atoms with van der Waals surface area (Å²) in [5.74, 6) is 0.0486. The smallest absolute Gasteiger partial charge is 0.311 e. The van der Waals surface area contributed by atoms with Gasteiger partial charge < -0.3 is 9.47 Å². The molecule has 158 valence electrons. The third-order valence-electron chi connectivity index (χ3n) is 4.84. The predicted molar refractivity (Wildman–Crippen MR) is 113 cm³/mol. The van der Waals surface area contributed by atoms with E-state index in [0.29, 0.717) is 18.8 Å². The zero-order valence-electron chi connectivity index (χ0n) is 17.8. The molecule has 0 radical (unpaired) electrons. The fraction of sp³-hybridized carbons (Fsp3) is 0.667. The lowest BCUT2D eigenvalue weighted by atomic mass is 10.1. The Morgan fingerprint density at radius 1 is 0.750 bits per heavy atom. The summed E-state index contributed by atoms with van der Waals surface area (Å²) in [6.07, 6.45) is 13.6. The number of hydrogen-bond donors (Lipinski definition) is 0. The Labute approximate surface area is 171 Å². The summed E-state index contributed by atoms with van der Waals surface area (Å²) >= 11 is 0. The highest BCUT2D eigenvalue weighted by Gasteiger charge is 2.09. The van der Waals surface area contributed by atoms with Crippen molar-refractivity contribution >= 4 is 11.9 Å². The number of unbranched alkanes of at least 4 members (excludes halogenated alkanes) is 9. The quantitative estimate of drug-likeness (QED) is 0.183. The first-order chi connectivity index (χ1) is 13.6. The topological polar surface area (TPSA) is 52.6 Å². The van der Waals surface area contributed by atoms with E-state index in [2.05, 4.69) is 6.92 Å². The van der Waals surface area contributed by atoms with Crippen LogP contribution in [0.25, 0.3) is 0 Å². The van der Waals surface area contributed by atoms with Crippen molar-refractivity contribution in [2.75, 3.05) is 6.61 Å². The lowest BCUT2D eigenvalue weighted by Crippen LogP contribution is -2.11. The SMILES string of the molecule is CCCCCCCCCCCCOC(=O)CCCC(=O)Oc1ccccc1C.